The lowest BCUT2D eigenvalue weighted by atomic mass is 10.1. The maximum absolute atomic E-state index is 12.0. The zero-order valence-electron chi connectivity index (χ0n) is 11.1. The third-order valence-electron chi connectivity index (χ3n) is 2.61. The van der Waals surface area contributed by atoms with Gasteiger partial charge >= 0.3 is 6.18 Å². The molecular weight excluding hydrogens is 287 g/mol. The van der Waals surface area contributed by atoms with E-state index in [1.807, 2.05) is 0 Å². The molecule has 0 saturated heterocycles. The van der Waals surface area contributed by atoms with Crippen molar-refractivity contribution in [3.63, 3.8) is 0 Å². The van der Waals surface area contributed by atoms with Crippen LogP contribution in [0.3, 0.4) is 0 Å². The van der Waals surface area contributed by atoms with Gasteiger partial charge in [0.05, 0.1) is 6.42 Å². The van der Waals surface area contributed by atoms with Crippen LogP contribution in [0.4, 0.5) is 13.2 Å². The zero-order chi connectivity index (χ0) is 15.5. The van der Waals surface area contributed by atoms with Gasteiger partial charge in [0, 0.05) is 24.6 Å². The third-order valence-corrected chi connectivity index (χ3v) is 2.61. The Morgan fingerprint density at radius 1 is 1.24 bits per heavy atom. The summed E-state index contributed by atoms with van der Waals surface area (Å²) in [6, 6.07) is 6.15. The molecule has 0 saturated carbocycles. The molecule has 0 aliphatic rings. The molecule has 5 nitrogen and oxygen atoms in total. The molecule has 0 bridgehead atoms. The minimum absolute atomic E-state index is 0.261. The second-order valence-corrected chi connectivity index (χ2v) is 4.32. The van der Waals surface area contributed by atoms with Crippen molar-refractivity contribution in [3.8, 4) is 11.5 Å². The molecule has 0 atom stereocenters. The van der Waals surface area contributed by atoms with Gasteiger partial charge in [-0.2, -0.15) is 13.2 Å². The summed E-state index contributed by atoms with van der Waals surface area (Å²) in [4.78, 5) is 11.7. The first-order valence-corrected chi connectivity index (χ1v) is 6.11. The minimum Gasteiger partial charge on any atom is -0.421 e. The number of hydrogen-bond donors (Lipinski definition) is 1. The molecule has 1 amide bonds. The molecule has 8 heteroatoms. The van der Waals surface area contributed by atoms with Crippen molar-refractivity contribution in [2.24, 2.45) is 0 Å². The maximum atomic E-state index is 12.0. The standard InChI is InChI=1S/C13H12F3N3O2/c1-8-18-19-12(21-8)10-4-2-9(3-5-10)11(20)17-7-6-13(14,15)16/h2-5H,6-7H2,1H3,(H,17,20). The summed E-state index contributed by atoms with van der Waals surface area (Å²) in [5.74, 6) is 0.169. The van der Waals surface area contributed by atoms with Gasteiger partial charge in [0.1, 0.15) is 0 Å². The topological polar surface area (TPSA) is 68.0 Å². The summed E-state index contributed by atoms with van der Waals surface area (Å²) < 4.78 is 41.2. The van der Waals surface area contributed by atoms with Crippen LogP contribution < -0.4 is 5.32 Å². The van der Waals surface area contributed by atoms with Crippen LogP contribution in [0, 0.1) is 6.92 Å². The number of aryl methyl sites for hydroxylation is 1. The molecule has 0 spiro atoms. The number of nitrogens with one attached hydrogen (secondary N) is 1. The summed E-state index contributed by atoms with van der Waals surface area (Å²) in [7, 11) is 0. The highest BCUT2D eigenvalue weighted by atomic mass is 19.4. The van der Waals surface area contributed by atoms with Crippen LogP contribution in [0.2, 0.25) is 0 Å². The molecule has 0 aliphatic carbocycles. The number of hydrogen-bond acceptors (Lipinski definition) is 4. The van der Waals surface area contributed by atoms with Gasteiger partial charge in [0.2, 0.25) is 11.8 Å². The van der Waals surface area contributed by atoms with E-state index >= 15 is 0 Å². The zero-order valence-corrected chi connectivity index (χ0v) is 11.1. The van der Waals surface area contributed by atoms with Crippen LogP contribution in [0.5, 0.6) is 0 Å². The van der Waals surface area contributed by atoms with E-state index in [0.29, 0.717) is 17.3 Å². The molecule has 1 aromatic heterocycles. The Labute approximate surface area is 118 Å². The van der Waals surface area contributed by atoms with Gasteiger partial charge in [-0.3, -0.25) is 4.79 Å². The average molecular weight is 299 g/mol. The third kappa shape index (κ3) is 4.30. The van der Waals surface area contributed by atoms with Gasteiger partial charge in [-0.1, -0.05) is 0 Å². The van der Waals surface area contributed by atoms with E-state index in [0.717, 1.165) is 0 Å². The van der Waals surface area contributed by atoms with E-state index < -0.39 is 25.0 Å². The van der Waals surface area contributed by atoms with Crippen molar-refractivity contribution in [2.45, 2.75) is 19.5 Å². The SMILES string of the molecule is Cc1nnc(-c2ccc(C(=O)NCCC(F)(F)F)cc2)o1. The van der Waals surface area contributed by atoms with Gasteiger partial charge in [0.15, 0.2) is 0 Å². The Morgan fingerprint density at radius 2 is 1.90 bits per heavy atom. The van der Waals surface area contributed by atoms with Gasteiger partial charge < -0.3 is 9.73 Å². The number of carbonyl (C=O) groups is 1. The number of rotatable bonds is 4. The molecule has 1 N–H and O–H groups in total. The average Bonchev–Trinajstić information content (AvgIpc) is 2.84. The second kappa shape index (κ2) is 5.94. The Morgan fingerprint density at radius 3 is 2.43 bits per heavy atom. The Bertz CT molecular complexity index is 620. The molecular formula is C13H12F3N3O2. The highest BCUT2D eigenvalue weighted by molar-refractivity contribution is 5.94. The molecule has 1 heterocycles. The van der Waals surface area contributed by atoms with Crippen molar-refractivity contribution >= 4 is 5.91 Å². The maximum Gasteiger partial charge on any atom is 0.390 e. The van der Waals surface area contributed by atoms with Crippen LogP contribution in [0.25, 0.3) is 11.5 Å². The molecule has 2 aromatic rings. The van der Waals surface area contributed by atoms with Crippen LogP contribution in [-0.4, -0.2) is 28.8 Å². The highest BCUT2D eigenvalue weighted by Crippen LogP contribution is 2.19. The summed E-state index contributed by atoms with van der Waals surface area (Å²) >= 11 is 0. The lowest BCUT2D eigenvalue weighted by Crippen LogP contribution is -2.27. The second-order valence-electron chi connectivity index (χ2n) is 4.32. The van der Waals surface area contributed by atoms with Gasteiger partial charge in [-0.05, 0) is 24.3 Å². The number of benzene rings is 1. The normalized spacial score (nSPS) is 11.4. The van der Waals surface area contributed by atoms with Crippen molar-refractivity contribution in [1.82, 2.24) is 15.5 Å². The summed E-state index contributed by atoms with van der Waals surface area (Å²) in [6.07, 6.45) is -5.34. The lowest BCUT2D eigenvalue weighted by Gasteiger charge is -2.08. The van der Waals surface area contributed by atoms with E-state index in [1.54, 1.807) is 19.1 Å². The predicted molar refractivity (Wildman–Crippen MR) is 67.5 cm³/mol. The van der Waals surface area contributed by atoms with Crippen LogP contribution >= 0.6 is 0 Å². The number of nitrogens with zero attached hydrogens (tertiary/aromatic N) is 2. The van der Waals surface area contributed by atoms with Crippen molar-refractivity contribution < 1.29 is 22.4 Å². The van der Waals surface area contributed by atoms with Crippen LogP contribution in [0.1, 0.15) is 22.7 Å². The van der Waals surface area contributed by atoms with Crippen LogP contribution in [0.15, 0.2) is 28.7 Å². The number of amides is 1. The Balaban J connectivity index is 1.97. The van der Waals surface area contributed by atoms with Crippen LogP contribution in [-0.2, 0) is 0 Å². The molecule has 1 aromatic carbocycles. The number of halogens is 3. The summed E-state index contributed by atoms with van der Waals surface area (Å²) in [5.41, 5.74) is 0.889. The minimum atomic E-state index is -4.28. The number of alkyl halides is 3. The highest BCUT2D eigenvalue weighted by Gasteiger charge is 2.26. The number of carbonyl (C=O) groups excluding carboxylic acids is 1. The Kier molecular flexibility index (Phi) is 4.25. The molecule has 0 unspecified atom stereocenters. The Hall–Kier alpha value is -2.38. The van der Waals surface area contributed by atoms with Gasteiger partial charge in [-0.15, -0.1) is 10.2 Å². The van der Waals surface area contributed by atoms with Crippen molar-refractivity contribution in [3.05, 3.63) is 35.7 Å². The van der Waals surface area contributed by atoms with E-state index in [2.05, 4.69) is 15.5 Å². The quantitative estimate of drug-likeness (QED) is 0.942. The summed E-state index contributed by atoms with van der Waals surface area (Å²) in [5, 5.41) is 9.71. The monoisotopic (exact) mass is 299 g/mol. The van der Waals surface area contributed by atoms with Gasteiger partial charge in [0.25, 0.3) is 5.91 Å². The molecule has 21 heavy (non-hydrogen) atoms. The summed E-state index contributed by atoms with van der Waals surface area (Å²) in [6.45, 7) is 1.20. The predicted octanol–water partition coefficient (Wildman–Crippen LogP) is 2.73. The van der Waals surface area contributed by atoms with E-state index in [9.17, 15) is 18.0 Å². The fourth-order valence-corrected chi connectivity index (χ4v) is 1.60. The largest absolute Gasteiger partial charge is 0.421 e. The first kappa shape index (κ1) is 15.0. The van der Waals surface area contributed by atoms with Crippen molar-refractivity contribution in [1.29, 1.82) is 0 Å². The number of aromatic nitrogens is 2. The fourth-order valence-electron chi connectivity index (χ4n) is 1.60. The van der Waals surface area contributed by atoms with E-state index in [-0.39, 0.29) is 5.56 Å². The lowest BCUT2D eigenvalue weighted by molar-refractivity contribution is -0.132. The van der Waals surface area contributed by atoms with E-state index in [1.165, 1.54) is 12.1 Å². The van der Waals surface area contributed by atoms with Gasteiger partial charge in [-0.25, -0.2) is 0 Å². The molecule has 112 valence electrons. The molecule has 0 fully saturated rings. The van der Waals surface area contributed by atoms with E-state index in [4.69, 9.17) is 4.42 Å². The fraction of sp³-hybridized carbons (Fsp3) is 0.308. The molecule has 0 radical (unpaired) electrons. The molecule has 2 rings (SSSR count). The first-order valence-electron chi connectivity index (χ1n) is 6.11. The first-order chi connectivity index (χ1) is 9.85. The molecule has 0 aliphatic heterocycles. The van der Waals surface area contributed by atoms with Crippen molar-refractivity contribution in [2.75, 3.05) is 6.54 Å². The smallest absolute Gasteiger partial charge is 0.390 e.